The van der Waals surface area contributed by atoms with Gasteiger partial charge in [-0.25, -0.2) is 9.97 Å². The summed E-state index contributed by atoms with van der Waals surface area (Å²) in [4.78, 5) is 53.1. The van der Waals surface area contributed by atoms with E-state index in [1.54, 1.807) is 31.2 Å². The van der Waals surface area contributed by atoms with Crippen molar-refractivity contribution in [2.24, 2.45) is 10.4 Å². The number of hydrogen-bond donors (Lipinski definition) is 1. The molecule has 11 heteroatoms. The Bertz CT molecular complexity index is 1220. The molecule has 1 N–H and O–H groups in total. The second-order valence-corrected chi connectivity index (χ2v) is 5.94. The Morgan fingerprint density at radius 3 is 2.50 bits per heavy atom. The van der Waals surface area contributed by atoms with Crippen molar-refractivity contribution in [2.75, 3.05) is 6.54 Å². The van der Waals surface area contributed by atoms with Crippen LogP contribution < -0.4 is 10.1 Å². The van der Waals surface area contributed by atoms with Crippen molar-refractivity contribution < 1.29 is 14.3 Å². The molecular weight excluding hydrogens is 392 g/mol. The van der Waals surface area contributed by atoms with Gasteiger partial charge in [-0.05, 0) is 42.4 Å². The SMILES string of the molecule is Cc1nc(C(=O)NCC(=O)N=O)c(N=O)c2ccc(Oc3ccc(C#N)cc3)nc12. The molecule has 2 heterocycles. The van der Waals surface area contributed by atoms with Gasteiger partial charge in [0.25, 0.3) is 5.91 Å². The van der Waals surface area contributed by atoms with Gasteiger partial charge >= 0.3 is 5.91 Å². The Morgan fingerprint density at radius 2 is 1.87 bits per heavy atom. The number of ether oxygens (including phenoxy) is 1. The number of nitroso groups, excluding NO2 is 2. The van der Waals surface area contributed by atoms with Crippen LogP contribution in [-0.2, 0) is 4.79 Å². The number of fused-ring (bicyclic) bond motifs is 1. The molecule has 1 aromatic carbocycles. The quantitative estimate of drug-likeness (QED) is 0.612. The summed E-state index contributed by atoms with van der Waals surface area (Å²) in [5.41, 5.74) is 0.505. The minimum atomic E-state index is -1.08. The van der Waals surface area contributed by atoms with Crippen molar-refractivity contribution >= 4 is 28.4 Å². The van der Waals surface area contributed by atoms with Crippen LogP contribution in [-0.4, -0.2) is 28.3 Å². The van der Waals surface area contributed by atoms with Crippen molar-refractivity contribution in [3.05, 3.63) is 63.2 Å². The number of nitriles is 1. The number of aryl methyl sites for hydroxylation is 1. The molecular formula is C19H12N6O5. The molecule has 3 aromatic rings. The highest BCUT2D eigenvalue weighted by Crippen LogP contribution is 2.32. The topological polar surface area (TPSA) is 164 Å². The van der Waals surface area contributed by atoms with E-state index >= 15 is 0 Å². The fourth-order valence-electron chi connectivity index (χ4n) is 2.61. The monoisotopic (exact) mass is 404 g/mol. The first-order chi connectivity index (χ1) is 14.5. The van der Waals surface area contributed by atoms with Gasteiger partial charge in [0.1, 0.15) is 18.0 Å². The first-order valence-electron chi connectivity index (χ1n) is 8.44. The van der Waals surface area contributed by atoms with Gasteiger partial charge in [0.15, 0.2) is 5.69 Å². The number of aromatic nitrogens is 2. The van der Waals surface area contributed by atoms with Crippen LogP contribution in [0.1, 0.15) is 21.7 Å². The third-order valence-corrected chi connectivity index (χ3v) is 3.99. The average molecular weight is 404 g/mol. The Morgan fingerprint density at radius 1 is 1.13 bits per heavy atom. The summed E-state index contributed by atoms with van der Waals surface area (Å²) in [6.07, 6.45) is 0. The van der Waals surface area contributed by atoms with Gasteiger partial charge in [0, 0.05) is 16.6 Å². The number of nitrogens with zero attached hydrogens (tertiary/aromatic N) is 5. The maximum absolute atomic E-state index is 12.3. The van der Waals surface area contributed by atoms with Crippen molar-refractivity contribution in [3.8, 4) is 17.7 Å². The van der Waals surface area contributed by atoms with Crippen molar-refractivity contribution in [1.29, 1.82) is 5.26 Å². The maximum Gasteiger partial charge on any atom is 0.305 e. The number of amides is 2. The standard InChI is InChI=1S/C19H12N6O5/c1-10-16-13(17(25-29)18(22-10)19(27)21-9-14(26)24-28)6-7-15(23-16)30-12-4-2-11(8-20)3-5-12/h2-7H,9H2,1H3,(H,21,27). The number of hydrogen-bond acceptors (Lipinski definition) is 9. The van der Waals surface area contributed by atoms with Gasteiger partial charge in [0.05, 0.1) is 22.8 Å². The largest absolute Gasteiger partial charge is 0.439 e. The summed E-state index contributed by atoms with van der Waals surface area (Å²) in [5, 5.41) is 16.3. The third-order valence-electron chi connectivity index (χ3n) is 3.99. The first kappa shape index (κ1) is 20.2. The van der Waals surface area contributed by atoms with E-state index in [4.69, 9.17) is 10.00 Å². The molecule has 0 radical (unpaired) electrons. The van der Waals surface area contributed by atoms with Crippen molar-refractivity contribution in [1.82, 2.24) is 15.3 Å². The van der Waals surface area contributed by atoms with Crippen LogP contribution in [0, 0.1) is 28.1 Å². The molecule has 11 nitrogen and oxygen atoms in total. The van der Waals surface area contributed by atoms with E-state index in [-0.39, 0.29) is 28.2 Å². The van der Waals surface area contributed by atoms with Gasteiger partial charge in [-0.3, -0.25) is 9.59 Å². The summed E-state index contributed by atoms with van der Waals surface area (Å²) in [5.74, 6) is -1.28. The summed E-state index contributed by atoms with van der Waals surface area (Å²) < 4.78 is 5.66. The van der Waals surface area contributed by atoms with Crippen LogP contribution in [0.15, 0.2) is 46.8 Å². The summed E-state index contributed by atoms with van der Waals surface area (Å²) in [6.45, 7) is 0.944. The maximum atomic E-state index is 12.3. The Hall–Kier alpha value is -4.59. The molecule has 0 saturated heterocycles. The highest BCUT2D eigenvalue weighted by atomic mass is 16.5. The normalized spacial score (nSPS) is 10.1. The molecule has 0 spiro atoms. The van der Waals surface area contributed by atoms with Crippen molar-refractivity contribution in [2.45, 2.75) is 6.92 Å². The van der Waals surface area contributed by atoms with Gasteiger partial charge < -0.3 is 10.1 Å². The van der Waals surface area contributed by atoms with Crippen LogP contribution in [0.25, 0.3) is 10.9 Å². The van der Waals surface area contributed by atoms with Crippen LogP contribution >= 0.6 is 0 Å². The second-order valence-electron chi connectivity index (χ2n) is 5.94. The van der Waals surface area contributed by atoms with E-state index in [9.17, 15) is 19.4 Å². The molecule has 2 amide bonds. The van der Waals surface area contributed by atoms with Crippen LogP contribution in [0.4, 0.5) is 5.69 Å². The highest BCUT2D eigenvalue weighted by Gasteiger charge is 2.21. The molecule has 0 aliphatic rings. The summed E-state index contributed by atoms with van der Waals surface area (Å²) in [7, 11) is 0. The molecule has 0 fully saturated rings. The molecule has 0 aliphatic carbocycles. The zero-order chi connectivity index (χ0) is 21.7. The molecule has 0 atom stereocenters. The van der Waals surface area contributed by atoms with Gasteiger partial charge in [-0.2, -0.15) is 5.26 Å². The fourth-order valence-corrected chi connectivity index (χ4v) is 2.61. The van der Waals surface area contributed by atoms with E-state index < -0.39 is 18.4 Å². The van der Waals surface area contributed by atoms with E-state index in [0.717, 1.165) is 0 Å². The molecule has 2 aromatic heterocycles. The Kier molecular flexibility index (Phi) is 5.79. The number of benzene rings is 1. The van der Waals surface area contributed by atoms with E-state index in [2.05, 4.69) is 25.6 Å². The summed E-state index contributed by atoms with van der Waals surface area (Å²) in [6, 6.07) is 11.4. The molecule has 0 aliphatic heterocycles. The Balaban J connectivity index is 1.96. The predicted octanol–water partition coefficient (Wildman–Crippen LogP) is 3.02. The van der Waals surface area contributed by atoms with Gasteiger partial charge in [0.2, 0.25) is 5.88 Å². The number of rotatable bonds is 6. The van der Waals surface area contributed by atoms with Crippen LogP contribution in [0.5, 0.6) is 11.6 Å². The molecule has 0 bridgehead atoms. The van der Waals surface area contributed by atoms with Gasteiger partial charge in [-0.15, -0.1) is 9.81 Å². The lowest BCUT2D eigenvalue weighted by Gasteiger charge is -2.10. The average Bonchev–Trinajstić information content (AvgIpc) is 2.77. The third kappa shape index (κ3) is 4.12. The number of nitrogens with one attached hydrogen (secondary N) is 1. The predicted molar refractivity (Wildman–Crippen MR) is 104 cm³/mol. The lowest BCUT2D eigenvalue weighted by molar-refractivity contribution is -0.117. The minimum Gasteiger partial charge on any atom is -0.439 e. The van der Waals surface area contributed by atoms with Crippen molar-refractivity contribution in [3.63, 3.8) is 0 Å². The summed E-state index contributed by atoms with van der Waals surface area (Å²) >= 11 is 0. The van der Waals surface area contributed by atoms with Gasteiger partial charge in [-0.1, -0.05) is 0 Å². The zero-order valence-corrected chi connectivity index (χ0v) is 15.4. The fraction of sp³-hybridized carbons (Fsp3) is 0.105. The number of carbonyl (C=O) groups is 2. The molecule has 3 rings (SSSR count). The van der Waals surface area contributed by atoms with Crippen LogP contribution in [0.2, 0.25) is 0 Å². The van der Waals surface area contributed by atoms with E-state index in [1.807, 2.05) is 6.07 Å². The molecule has 30 heavy (non-hydrogen) atoms. The lowest BCUT2D eigenvalue weighted by atomic mass is 10.1. The second kappa shape index (κ2) is 8.61. The highest BCUT2D eigenvalue weighted by molar-refractivity contribution is 6.06. The number of carbonyl (C=O) groups excluding carboxylic acids is 2. The lowest BCUT2D eigenvalue weighted by Crippen LogP contribution is -2.29. The van der Waals surface area contributed by atoms with Crippen LogP contribution in [0.3, 0.4) is 0 Å². The smallest absolute Gasteiger partial charge is 0.305 e. The first-order valence-corrected chi connectivity index (χ1v) is 8.44. The molecule has 0 saturated carbocycles. The zero-order valence-electron chi connectivity index (χ0n) is 15.4. The minimum absolute atomic E-state index is 0.203. The molecule has 148 valence electrons. The van der Waals surface area contributed by atoms with E-state index in [0.29, 0.717) is 17.0 Å². The Labute approximate surface area is 168 Å². The van der Waals surface area contributed by atoms with E-state index in [1.165, 1.54) is 12.1 Å². The molecule has 0 unspecified atom stereocenters. The number of pyridine rings is 2.